The number of aromatic nitrogens is 2. The number of nitrogens with one attached hydrogen (secondary N) is 1. The fraction of sp³-hybridized carbons (Fsp3) is 0.211. The molecule has 0 atom stereocenters. The van der Waals surface area contributed by atoms with Crippen molar-refractivity contribution >= 4 is 11.7 Å². The molecule has 7 nitrogen and oxygen atoms in total. The molecular formula is C19H17FN4O3. The van der Waals surface area contributed by atoms with Gasteiger partial charge in [0.05, 0.1) is 18.6 Å². The van der Waals surface area contributed by atoms with E-state index in [4.69, 9.17) is 9.26 Å². The third-order valence-electron chi connectivity index (χ3n) is 4.40. The number of hydrogen-bond donors (Lipinski definition) is 1. The van der Waals surface area contributed by atoms with Crippen LogP contribution in [0.1, 0.15) is 11.8 Å². The van der Waals surface area contributed by atoms with Crippen LogP contribution >= 0.6 is 0 Å². The highest BCUT2D eigenvalue weighted by Gasteiger charge is 2.36. The van der Waals surface area contributed by atoms with Gasteiger partial charge in [0.1, 0.15) is 11.6 Å². The minimum Gasteiger partial charge on any atom is -0.496 e. The Bertz CT molecular complexity index is 952. The van der Waals surface area contributed by atoms with E-state index in [1.54, 1.807) is 12.0 Å². The monoisotopic (exact) mass is 368 g/mol. The van der Waals surface area contributed by atoms with E-state index >= 15 is 0 Å². The molecule has 0 spiro atoms. The summed E-state index contributed by atoms with van der Waals surface area (Å²) in [6.07, 6.45) is 0. The predicted octanol–water partition coefficient (Wildman–Crippen LogP) is 3.52. The first kappa shape index (κ1) is 17.0. The lowest BCUT2D eigenvalue weighted by molar-refractivity contribution is 0.147. The third-order valence-corrected chi connectivity index (χ3v) is 4.40. The van der Waals surface area contributed by atoms with Gasteiger partial charge in [-0.25, -0.2) is 9.18 Å². The van der Waals surface area contributed by atoms with Gasteiger partial charge >= 0.3 is 6.03 Å². The molecule has 1 N–H and O–H groups in total. The van der Waals surface area contributed by atoms with E-state index in [2.05, 4.69) is 15.5 Å². The summed E-state index contributed by atoms with van der Waals surface area (Å²) in [4.78, 5) is 18.3. The number of benzene rings is 2. The van der Waals surface area contributed by atoms with Gasteiger partial charge in [-0.15, -0.1) is 0 Å². The van der Waals surface area contributed by atoms with E-state index in [-0.39, 0.29) is 17.8 Å². The molecule has 0 radical (unpaired) electrons. The largest absolute Gasteiger partial charge is 0.496 e. The van der Waals surface area contributed by atoms with Gasteiger partial charge in [0.25, 0.3) is 0 Å². The van der Waals surface area contributed by atoms with Gasteiger partial charge in [0, 0.05) is 18.8 Å². The molecule has 138 valence electrons. The Morgan fingerprint density at radius 2 is 1.96 bits per heavy atom. The number of hydrogen-bond acceptors (Lipinski definition) is 5. The van der Waals surface area contributed by atoms with E-state index in [0.717, 1.165) is 5.56 Å². The summed E-state index contributed by atoms with van der Waals surface area (Å²) in [5.74, 6) is 1.25. The number of anilines is 1. The van der Waals surface area contributed by atoms with Crippen molar-refractivity contribution in [2.45, 2.75) is 5.92 Å². The number of ether oxygens (including phenoxy) is 1. The van der Waals surface area contributed by atoms with Gasteiger partial charge in [-0.05, 0) is 36.4 Å². The standard InChI is InChI=1S/C19H17FN4O3/c1-26-16-5-3-2-4-15(16)17-22-18(27-23-17)12-10-24(11-12)19(25)21-14-8-6-13(20)7-9-14/h2-9,12H,10-11H2,1H3,(H,21,25). The smallest absolute Gasteiger partial charge is 0.321 e. The molecule has 27 heavy (non-hydrogen) atoms. The summed E-state index contributed by atoms with van der Waals surface area (Å²) >= 11 is 0. The summed E-state index contributed by atoms with van der Waals surface area (Å²) in [5, 5.41) is 6.75. The first-order valence-corrected chi connectivity index (χ1v) is 8.42. The lowest BCUT2D eigenvalue weighted by Gasteiger charge is -2.36. The molecule has 1 aromatic heterocycles. The van der Waals surface area contributed by atoms with Crippen LogP contribution in [0.2, 0.25) is 0 Å². The Morgan fingerprint density at radius 3 is 2.70 bits per heavy atom. The van der Waals surface area contributed by atoms with Crippen LogP contribution in [0, 0.1) is 5.82 Å². The second-order valence-corrected chi connectivity index (χ2v) is 6.20. The molecular weight excluding hydrogens is 351 g/mol. The molecule has 8 heteroatoms. The van der Waals surface area contributed by atoms with Crippen molar-refractivity contribution in [1.29, 1.82) is 0 Å². The van der Waals surface area contributed by atoms with Crippen molar-refractivity contribution in [3.8, 4) is 17.1 Å². The quantitative estimate of drug-likeness (QED) is 0.762. The van der Waals surface area contributed by atoms with Gasteiger partial charge in [0.2, 0.25) is 11.7 Å². The van der Waals surface area contributed by atoms with Crippen LogP contribution in [-0.2, 0) is 0 Å². The molecule has 1 saturated heterocycles. The minimum atomic E-state index is -0.348. The van der Waals surface area contributed by atoms with Crippen LogP contribution < -0.4 is 10.1 Å². The van der Waals surface area contributed by atoms with E-state index in [1.165, 1.54) is 24.3 Å². The van der Waals surface area contributed by atoms with E-state index in [0.29, 0.717) is 36.2 Å². The Balaban J connectivity index is 1.38. The predicted molar refractivity (Wildman–Crippen MR) is 96.0 cm³/mol. The van der Waals surface area contributed by atoms with Gasteiger partial charge in [-0.3, -0.25) is 0 Å². The number of likely N-dealkylation sites (tertiary alicyclic amines) is 1. The van der Waals surface area contributed by atoms with Crippen molar-refractivity contribution in [3.63, 3.8) is 0 Å². The Morgan fingerprint density at radius 1 is 1.22 bits per heavy atom. The number of urea groups is 1. The summed E-state index contributed by atoms with van der Waals surface area (Å²) in [6.45, 7) is 0.946. The minimum absolute atomic E-state index is 0.0140. The van der Waals surface area contributed by atoms with Crippen molar-refractivity contribution in [2.75, 3.05) is 25.5 Å². The molecule has 2 heterocycles. The molecule has 1 aliphatic heterocycles. The highest BCUT2D eigenvalue weighted by atomic mass is 19.1. The van der Waals surface area contributed by atoms with Crippen LogP contribution in [0.4, 0.5) is 14.9 Å². The van der Waals surface area contributed by atoms with Crippen molar-refractivity contribution in [1.82, 2.24) is 15.0 Å². The molecule has 0 bridgehead atoms. The van der Waals surface area contributed by atoms with Crippen LogP contribution in [0.5, 0.6) is 5.75 Å². The Kier molecular flexibility index (Phi) is 4.45. The molecule has 0 unspecified atom stereocenters. The maximum Gasteiger partial charge on any atom is 0.321 e. The molecule has 2 aromatic carbocycles. The maximum atomic E-state index is 12.9. The first-order chi connectivity index (χ1) is 13.1. The van der Waals surface area contributed by atoms with Crippen molar-refractivity contribution in [2.24, 2.45) is 0 Å². The molecule has 1 fully saturated rings. The summed E-state index contributed by atoms with van der Waals surface area (Å²) < 4.78 is 23.6. The molecule has 0 aliphatic carbocycles. The molecule has 3 aromatic rings. The van der Waals surface area contributed by atoms with E-state index in [9.17, 15) is 9.18 Å². The maximum absolute atomic E-state index is 12.9. The second kappa shape index (κ2) is 7.06. The van der Waals surface area contributed by atoms with Crippen molar-refractivity contribution in [3.05, 3.63) is 60.2 Å². The SMILES string of the molecule is COc1ccccc1-c1noc(C2CN(C(=O)Nc3ccc(F)cc3)C2)n1. The summed E-state index contributed by atoms with van der Waals surface area (Å²) in [5.41, 5.74) is 1.29. The number of rotatable bonds is 4. The zero-order valence-corrected chi connectivity index (χ0v) is 14.6. The highest BCUT2D eigenvalue weighted by molar-refractivity contribution is 5.89. The fourth-order valence-electron chi connectivity index (χ4n) is 2.88. The molecule has 2 amide bonds. The number of methoxy groups -OCH3 is 1. The third kappa shape index (κ3) is 3.46. The summed E-state index contributed by atoms with van der Waals surface area (Å²) in [6, 6.07) is 12.8. The van der Waals surface area contributed by atoms with Crippen LogP contribution in [0.3, 0.4) is 0 Å². The Labute approximate surface area is 154 Å². The molecule has 0 saturated carbocycles. The number of carbonyl (C=O) groups excluding carboxylic acids is 1. The topological polar surface area (TPSA) is 80.5 Å². The van der Waals surface area contributed by atoms with Crippen LogP contribution in [-0.4, -0.2) is 41.3 Å². The van der Waals surface area contributed by atoms with Crippen LogP contribution in [0.25, 0.3) is 11.4 Å². The number of nitrogens with zero attached hydrogens (tertiary/aromatic N) is 3. The molecule has 1 aliphatic rings. The number of carbonyl (C=O) groups is 1. The van der Waals surface area contributed by atoms with Crippen molar-refractivity contribution < 1.29 is 18.4 Å². The van der Waals surface area contributed by atoms with Gasteiger partial charge in [-0.2, -0.15) is 4.98 Å². The first-order valence-electron chi connectivity index (χ1n) is 8.42. The Hall–Kier alpha value is -3.42. The number of amides is 2. The summed E-state index contributed by atoms with van der Waals surface area (Å²) in [7, 11) is 1.59. The van der Waals surface area contributed by atoms with Gasteiger partial charge in [0.15, 0.2) is 0 Å². The van der Waals surface area contributed by atoms with E-state index < -0.39 is 0 Å². The number of para-hydroxylation sites is 1. The zero-order valence-electron chi connectivity index (χ0n) is 14.6. The fourth-order valence-corrected chi connectivity index (χ4v) is 2.88. The van der Waals surface area contributed by atoms with E-state index in [1.807, 2.05) is 24.3 Å². The lowest BCUT2D eigenvalue weighted by Crippen LogP contribution is -2.50. The second-order valence-electron chi connectivity index (χ2n) is 6.20. The molecule has 4 rings (SSSR count). The average molecular weight is 368 g/mol. The average Bonchev–Trinajstić information content (AvgIpc) is 3.12. The lowest BCUT2D eigenvalue weighted by atomic mass is 10.0. The highest BCUT2D eigenvalue weighted by Crippen LogP contribution is 2.31. The van der Waals surface area contributed by atoms with Gasteiger partial charge in [-0.1, -0.05) is 17.3 Å². The zero-order chi connectivity index (χ0) is 18.8. The van der Waals surface area contributed by atoms with Gasteiger partial charge < -0.3 is 19.5 Å². The normalized spacial score (nSPS) is 13.9. The van der Waals surface area contributed by atoms with Crippen LogP contribution in [0.15, 0.2) is 53.1 Å². The number of halogens is 1.